The van der Waals surface area contributed by atoms with Crippen LogP contribution in [0.3, 0.4) is 0 Å². The Balaban J connectivity index is 2.44. The van der Waals surface area contributed by atoms with Crippen LogP contribution in [0.4, 0.5) is 5.69 Å². The van der Waals surface area contributed by atoms with E-state index < -0.39 is 10.0 Å². The van der Waals surface area contributed by atoms with Gasteiger partial charge in [-0.3, -0.25) is 9.71 Å². The minimum absolute atomic E-state index is 0.0197. The average Bonchev–Trinajstić information content (AvgIpc) is 2.39. The molecule has 0 saturated heterocycles. The van der Waals surface area contributed by atoms with Gasteiger partial charge in [0.15, 0.2) is 0 Å². The number of halogens is 2. The quantitative estimate of drug-likeness (QED) is 0.902. The van der Waals surface area contributed by atoms with Crippen molar-refractivity contribution < 1.29 is 13.5 Å². The fraction of sp³-hybridized carbons (Fsp3) is 0.0833. The Bertz CT molecular complexity index is 721. The molecule has 2 aromatic rings. The fourth-order valence-corrected chi connectivity index (χ4v) is 3.45. The van der Waals surface area contributed by atoms with Gasteiger partial charge in [0.2, 0.25) is 0 Å². The summed E-state index contributed by atoms with van der Waals surface area (Å²) in [7, 11) is -3.87. The highest BCUT2D eigenvalue weighted by Crippen LogP contribution is 2.29. The topological polar surface area (TPSA) is 79.3 Å². The molecule has 1 aromatic carbocycles. The molecule has 0 aliphatic heterocycles. The lowest BCUT2D eigenvalue weighted by Crippen LogP contribution is -2.14. The third-order valence-corrected chi connectivity index (χ3v) is 4.69. The van der Waals surface area contributed by atoms with Crippen molar-refractivity contribution >= 4 is 38.9 Å². The van der Waals surface area contributed by atoms with Crippen molar-refractivity contribution in [2.24, 2.45) is 0 Å². The monoisotopic (exact) mass is 332 g/mol. The Morgan fingerprint density at radius 3 is 2.40 bits per heavy atom. The van der Waals surface area contributed by atoms with Gasteiger partial charge in [-0.1, -0.05) is 23.2 Å². The minimum Gasteiger partial charge on any atom is -0.392 e. The second-order valence-electron chi connectivity index (χ2n) is 3.87. The number of anilines is 1. The molecule has 0 atom stereocenters. The summed E-state index contributed by atoms with van der Waals surface area (Å²) in [5.74, 6) is 0. The normalized spacial score (nSPS) is 11.3. The highest BCUT2D eigenvalue weighted by atomic mass is 35.5. The number of hydrogen-bond acceptors (Lipinski definition) is 4. The van der Waals surface area contributed by atoms with E-state index in [1.165, 1.54) is 36.7 Å². The molecular formula is C12H10Cl2N2O3S. The Morgan fingerprint density at radius 1 is 1.15 bits per heavy atom. The minimum atomic E-state index is -3.87. The van der Waals surface area contributed by atoms with Gasteiger partial charge in [0.25, 0.3) is 10.0 Å². The first-order valence-corrected chi connectivity index (χ1v) is 7.69. The third-order valence-electron chi connectivity index (χ3n) is 2.49. The van der Waals surface area contributed by atoms with E-state index in [-0.39, 0.29) is 27.1 Å². The number of sulfonamides is 1. The molecule has 0 radical (unpaired) electrons. The number of pyridine rings is 1. The first-order valence-electron chi connectivity index (χ1n) is 5.45. The van der Waals surface area contributed by atoms with Gasteiger partial charge in [0.05, 0.1) is 17.3 Å². The molecular weight excluding hydrogens is 323 g/mol. The zero-order chi connectivity index (χ0) is 14.8. The maximum absolute atomic E-state index is 12.3. The van der Waals surface area contributed by atoms with Crippen LogP contribution in [-0.2, 0) is 16.6 Å². The molecule has 0 unspecified atom stereocenters. The van der Waals surface area contributed by atoms with Crippen molar-refractivity contribution in [1.82, 2.24) is 4.98 Å². The second kappa shape index (κ2) is 5.97. The van der Waals surface area contributed by atoms with Crippen molar-refractivity contribution in [2.45, 2.75) is 11.5 Å². The van der Waals surface area contributed by atoms with E-state index in [1.807, 2.05) is 0 Å². The summed E-state index contributed by atoms with van der Waals surface area (Å²) in [5, 5.41) is 9.33. The van der Waals surface area contributed by atoms with E-state index >= 15 is 0 Å². The predicted molar refractivity (Wildman–Crippen MR) is 77.4 cm³/mol. The molecule has 2 rings (SSSR count). The lowest BCUT2D eigenvalue weighted by atomic mass is 10.2. The van der Waals surface area contributed by atoms with Crippen LogP contribution in [-0.4, -0.2) is 18.5 Å². The van der Waals surface area contributed by atoms with Crippen molar-refractivity contribution in [3.8, 4) is 0 Å². The predicted octanol–water partition coefficient (Wildman–Crippen LogP) is 2.68. The Kier molecular flexibility index (Phi) is 4.49. The molecule has 0 bridgehead atoms. The Labute approximate surface area is 126 Å². The van der Waals surface area contributed by atoms with Gasteiger partial charge < -0.3 is 5.11 Å². The average molecular weight is 333 g/mol. The van der Waals surface area contributed by atoms with E-state index in [2.05, 4.69) is 9.71 Å². The lowest BCUT2D eigenvalue weighted by Gasteiger charge is -2.11. The SMILES string of the molecule is O=S(=O)(Nc1ccncc1)c1cc(CO)c(Cl)cc1Cl. The van der Waals surface area contributed by atoms with Gasteiger partial charge >= 0.3 is 0 Å². The number of hydrogen-bond donors (Lipinski definition) is 2. The summed E-state index contributed by atoms with van der Waals surface area (Å²) in [6.45, 7) is -0.381. The van der Waals surface area contributed by atoms with Crippen LogP contribution >= 0.6 is 23.2 Å². The second-order valence-corrected chi connectivity index (χ2v) is 6.34. The molecule has 20 heavy (non-hydrogen) atoms. The van der Waals surface area contributed by atoms with Crippen molar-refractivity contribution in [3.05, 3.63) is 52.3 Å². The van der Waals surface area contributed by atoms with Crippen LogP contribution in [0.25, 0.3) is 0 Å². The molecule has 0 fully saturated rings. The number of aliphatic hydroxyl groups excluding tert-OH is 1. The maximum Gasteiger partial charge on any atom is 0.263 e. The van der Waals surface area contributed by atoms with E-state index in [0.717, 1.165) is 0 Å². The first-order chi connectivity index (χ1) is 9.44. The molecule has 1 heterocycles. The van der Waals surface area contributed by atoms with Crippen LogP contribution < -0.4 is 4.72 Å². The molecule has 0 aliphatic carbocycles. The molecule has 0 spiro atoms. The van der Waals surface area contributed by atoms with Crippen LogP contribution in [0.2, 0.25) is 10.0 Å². The van der Waals surface area contributed by atoms with E-state index in [9.17, 15) is 8.42 Å². The van der Waals surface area contributed by atoms with E-state index in [4.69, 9.17) is 28.3 Å². The summed E-state index contributed by atoms with van der Waals surface area (Å²) in [5.41, 5.74) is 0.641. The van der Waals surface area contributed by atoms with Crippen molar-refractivity contribution in [2.75, 3.05) is 4.72 Å². The van der Waals surface area contributed by atoms with Crippen molar-refractivity contribution in [1.29, 1.82) is 0 Å². The molecule has 8 heteroatoms. The Morgan fingerprint density at radius 2 is 1.80 bits per heavy atom. The molecule has 0 saturated carbocycles. The van der Waals surface area contributed by atoms with Crippen LogP contribution in [0.15, 0.2) is 41.6 Å². The van der Waals surface area contributed by atoms with Gasteiger partial charge in [-0.15, -0.1) is 0 Å². The number of aromatic nitrogens is 1. The fourth-order valence-electron chi connectivity index (χ4n) is 1.53. The number of nitrogens with one attached hydrogen (secondary N) is 1. The summed E-state index contributed by atoms with van der Waals surface area (Å²) in [4.78, 5) is 3.64. The number of rotatable bonds is 4. The Hall–Kier alpha value is -1.34. The largest absolute Gasteiger partial charge is 0.392 e. The summed E-state index contributed by atoms with van der Waals surface area (Å²) in [6, 6.07) is 5.55. The standard InChI is InChI=1S/C12H10Cl2N2O3S/c13-10-6-11(14)12(5-8(10)7-17)20(18,19)16-9-1-3-15-4-2-9/h1-6,17H,7H2,(H,15,16). The number of benzene rings is 1. The molecule has 106 valence electrons. The van der Waals surface area contributed by atoms with E-state index in [1.54, 1.807) is 0 Å². The molecule has 0 aliphatic rings. The van der Waals surface area contributed by atoms with Crippen LogP contribution in [0.5, 0.6) is 0 Å². The number of nitrogens with zero attached hydrogens (tertiary/aromatic N) is 1. The highest BCUT2D eigenvalue weighted by molar-refractivity contribution is 7.92. The first kappa shape index (κ1) is 15.1. The number of aliphatic hydroxyl groups is 1. The van der Waals surface area contributed by atoms with Gasteiger partial charge in [0.1, 0.15) is 4.90 Å². The van der Waals surface area contributed by atoms with Crippen LogP contribution in [0.1, 0.15) is 5.56 Å². The molecule has 5 nitrogen and oxygen atoms in total. The maximum atomic E-state index is 12.3. The molecule has 0 amide bonds. The summed E-state index contributed by atoms with van der Waals surface area (Å²) in [6.07, 6.45) is 2.92. The zero-order valence-electron chi connectivity index (χ0n) is 10.0. The van der Waals surface area contributed by atoms with Gasteiger partial charge in [-0.2, -0.15) is 0 Å². The van der Waals surface area contributed by atoms with Gasteiger partial charge in [-0.25, -0.2) is 8.42 Å². The van der Waals surface area contributed by atoms with Crippen LogP contribution in [0, 0.1) is 0 Å². The molecule has 2 N–H and O–H groups in total. The third kappa shape index (κ3) is 3.21. The van der Waals surface area contributed by atoms with E-state index in [0.29, 0.717) is 5.69 Å². The summed E-state index contributed by atoms with van der Waals surface area (Å²) < 4.78 is 26.9. The van der Waals surface area contributed by atoms with Gasteiger partial charge in [-0.05, 0) is 29.8 Å². The highest BCUT2D eigenvalue weighted by Gasteiger charge is 2.20. The smallest absolute Gasteiger partial charge is 0.263 e. The molecule has 1 aromatic heterocycles. The summed E-state index contributed by atoms with van der Waals surface area (Å²) >= 11 is 11.8. The zero-order valence-corrected chi connectivity index (χ0v) is 12.4. The lowest BCUT2D eigenvalue weighted by molar-refractivity contribution is 0.281. The van der Waals surface area contributed by atoms with Gasteiger partial charge in [0, 0.05) is 17.4 Å². The van der Waals surface area contributed by atoms with Crippen molar-refractivity contribution in [3.63, 3.8) is 0 Å².